The molecule has 0 saturated carbocycles. The van der Waals surface area contributed by atoms with Crippen molar-refractivity contribution in [3.8, 4) is 0 Å². The molecule has 0 bridgehead atoms. The highest BCUT2D eigenvalue weighted by Gasteiger charge is 2.11. The van der Waals surface area contributed by atoms with Crippen LogP contribution in [-0.4, -0.2) is 60.2 Å². The zero-order valence-corrected chi connectivity index (χ0v) is 10.8. The second-order valence-electron chi connectivity index (χ2n) is 3.68. The van der Waals surface area contributed by atoms with E-state index in [4.69, 9.17) is 10.5 Å². The number of nitrogens with two attached hydrogens (primary N) is 1. The number of hydrogen-bond acceptors (Lipinski definition) is 6. The highest BCUT2D eigenvalue weighted by Crippen LogP contribution is 1.92. The molecule has 1 rings (SSSR count). The van der Waals surface area contributed by atoms with Crippen LogP contribution in [0.1, 0.15) is 10.5 Å². The van der Waals surface area contributed by atoms with E-state index in [9.17, 15) is 9.59 Å². The number of rotatable bonds is 8. The first-order valence-corrected chi connectivity index (χ1v) is 5.81. The number of amides is 2. The average molecular weight is 270 g/mol. The van der Waals surface area contributed by atoms with Gasteiger partial charge in [-0.25, -0.2) is 0 Å². The van der Waals surface area contributed by atoms with Crippen LogP contribution in [0.3, 0.4) is 0 Å². The van der Waals surface area contributed by atoms with Crippen molar-refractivity contribution in [2.24, 2.45) is 5.73 Å². The minimum absolute atomic E-state index is 0.119. The summed E-state index contributed by atoms with van der Waals surface area (Å²) in [6, 6.07) is 0. The number of aromatic nitrogens is 3. The topological polar surface area (TPSA) is 124 Å². The lowest BCUT2D eigenvalue weighted by atomic mass is 10.4. The van der Waals surface area contributed by atoms with Crippen molar-refractivity contribution < 1.29 is 14.3 Å². The third kappa shape index (κ3) is 5.44. The first-order valence-electron chi connectivity index (χ1n) is 5.81. The molecule has 2 amide bonds. The van der Waals surface area contributed by atoms with Crippen LogP contribution < -0.4 is 16.4 Å². The fraction of sp³-hybridized carbons (Fsp3) is 0.600. The van der Waals surface area contributed by atoms with Crippen LogP contribution in [0.4, 0.5) is 0 Å². The minimum Gasteiger partial charge on any atom is -0.383 e. The SMILES string of the molecule is COCCNC(=O)CNC(=O)c1cn(CCN)nn1. The van der Waals surface area contributed by atoms with E-state index in [0.717, 1.165) is 0 Å². The van der Waals surface area contributed by atoms with Gasteiger partial charge in [-0.1, -0.05) is 5.21 Å². The molecule has 9 nitrogen and oxygen atoms in total. The van der Waals surface area contributed by atoms with Crippen molar-refractivity contribution in [2.75, 3.05) is 33.4 Å². The number of nitrogens with zero attached hydrogens (tertiary/aromatic N) is 3. The number of carbonyl (C=O) groups is 2. The van der Waals surface area contributed by atoms with Crippen molar-refractivity contribution in [3.05, 3.63) is 11.9 Å². The summed E-state index contributed by atoms with van der Waals surface area (Å²) < 4.78 is 6.25. The predicted molar refractivity (Wildman–Crippen MR) is 66.3 cm³/mol. The van der Waals surface area contributed by atoms with Crippen LogP contribution in [-0.2, 0) is 16.1 Å². The maximum atomic E-state index is 11.6. The third-order valence-corrected chi connectivity index (χ3v) is 2.17. The van der Waals surface area contributed by atoms with Gasteiger partial charge in [0.2, 0.25) is 5.91 Å². The maximum absolute atomic E-state index is 11.6. The molecule has 0 aliphatic carbocycles. The lowest BCUT2D eigenvalue weighted by molar-refractivity contribution is -0.120. The molecule has 1 aromatic rings. The second kappa shape index (κ2) is 8.16. The predicted octanol–water partition coefficient (Wildman–Crippen LogP) is -2.27. The molecule has 1 aromatic heterocycles. The highest BCUT2D eigenvalue weighted by molar-refractivity contribution is 5.94. The Balaban J connectivity index is 2.31. The molecule has 4 N–H and O–H groups in total. The third-order valence-electron chi connectivity index (χ3n) is 2.17. The number of ether oxygens (including phenoxy) is 1. The van der Waals surface area contributed by atoms with Crippen molar-refractivity contribution in [2.45, 2.75) is 6.54 Å². The summed E-state index contributed by atoms with van der Waals surface area (Å²) in [5, 5.41) is 12.4. The van der Waals surface area contributed by atoms with Gasteiger partial charge in [-0.05, 0) is 0 Å². The molecular formula is C10H18N6O3. The molecule has 0 spiro atoms. The fourth-order valence-corrected chi connectivity index (χ4v) is 1.25. The van der Waals surface area contributed by atoms with Crippen molar-refractivity contribution in [3.63, 3.8) is 0 Å². The molecule has 0 unspecified atom stereocenters. The molecule has 106 valence electrons. The Morgan fingerprint density at radius 3 is 2.95 bits per heavy atom. The fourth-order valence-electron chi connectivity index (χ4n) is 1.25. The van der Waals surface area contributed by atoms with Crippen LogP contribution >= 0.6 is 0 Å². The highest BCUT2D eigenvalue weighted by atomic mass is 16.5. The van der Waals surface area contributed by atoms with Gasteiger partial charge in [-0.15, -0.1) is 5.10 Å². The van der Waals surface area contributed by atoms with E-state index >= 15 is 0 Å². The summed E-state index contributed by atoms with van der Waals surface area (Å²) in [4.78, 5) is 23.0. The molecule has 0 aliphatic heterocycles. The summed E-state index contributed by atoms with van der Waals surface area (Å²) in [6.07, 6.45) is 1.48. The van der Waals surface area contributed by atoms with Crippen LogP contribution in [0.2, 0.25) is 0 Å². The molecule has 0 atom stereocenters. The van der Waals surface area contributed by atoms with Crippen LogP contribution in [0.5, 0.6) is 0 Å². The quantitative estimate of drug-likeness (QED) is 0.457. The second-order valence-corrected chi connectivity index (χ2v) is 3.68. The molecule has 0 aromatic carbocycles. The van der Waals surface area contributed by atoms with Gasteiger partial charge < -0.3 is 21.1 Å². The van der Waals surface area contributed by atoms with Gasteiger partial charge in [0.05, 0.1) is 25.9 Å². The van der Waals surface area contributed by atoms with Gasteiger partial charge in [0.15, 0.2) is 5.69 Å². The lowest BCUT2D eigenvalue weighted by Crippen LogP contribution is -2.38. The van der Waals surface area contributed by atoms with Gasteiger partial charge in [0.25, 0.3) is 5.91 Å². The summed E-state index contributed by atoms with van der Waals surface area (Å²) >= 11 is 0. The lowest BCUT2D eigenvalue weighted by Gasteiger charge is -2.04. The summed E-state index contributed by atoms with van der Waals surface area (Å²) in [7, 11) is 1.54. The number of nitrogens with one attached hydrogen (secondary N) is 2. The van der Waals surface area contributed by atoms with Crippen LogP contribution in [0.15, 0.2) is 6.20 Å². The summed E-state index contributed by atoms with van der Waals surface area (Å²) in [6.45, 7) is 1.60. The molecule has 0 aliphatic rings. The molecule has 0 fully saturated rings. The Bertz CT molecular complexity index is 419. The van der Waals surface area contributed by atoms with Crippen molar-refractivity contribution in [1.82, 2.24) is 25.6 Å². The number of hydrogen-bond donors (Lipinski definition) is 3. The van der Waals surface area contributed by atoms with Gasteiger partial charge in [0.1, 0.15) is 0 Å². The number of carbonyl (C=O) groups excluding carboxylic acids is 2. The van der Waals surface area contributed by atoms with Crippen molar-refractivity contribution >= 4 is 11.8 Å². The Kier molecular flexibility index (Phi) is 6.47. The Morgan fingerprint density at radius 2 is 2.26 bits per heavy atom. The van der Waals surface area contributed by atoms with E-state index < -0.39 is 5.91 Å². The zero-order valence-electron chi connectivity index (χ0n) is 10.8. The van der Waals surface area contributed by atoms with E-state index in [-0.39, 0.29) is 18.1 Å². The molecule has 0 saturated heterocycles. The smallest absolute Gasteiger partial charge is 0.273 e. The minimum atomic E-state index is -0.454. The monoisotopic (exact) mass is 270 g/mol. The van der Waals surface area contributed by atoms with E-state index in [1.54, 1.807) is 7.11 Å². The Labute approximate surface area is 110 Å². The van der Waals surface area contributed by atoms with Gasteiger partial charge in [-0.3, -0.25) is 14.3 Å². The van der Waals surface area contributed by atoms with Crippen LogP contribution in [0, 0.1) is 0 Å². The molecule has 0 radical (unpaired) electrons. The maximum Gasteiger partial charge on any atom is 0.273 e. The largest absolute Gasteiger partial charge is 0.383 e. The first-order chi connectivity index (χ1) is 9.17. The van der Waals surface area contributed by atoms with E-state index in [1.807, 2.05) is 0 Å². The summed E-state index contributed by atoms with van der Waals surface area (Å²) in [5.74, 6) is -0.745. The Hall–Kier alpha value is -2.00. The van der Waals surface area contributed by atoms with Gasteiger partial charge in [0, 0.05) is 20.2 Å². The zero-order chi connectivity index (χ0) is 14.1. The summed E-state index contributed by atoms with van der Waals surface area (Å²) in [5.41, 5.74) is 5.50. The molecule has 9 heteroatoms. The van der Waals surface area contributed by atoms with Crippen molar-refractivity contribution in [1.29, 1.82) is 0 Å². The molecule has 19 heavy (non-hydrogen) atoms. The number of methoxy groups -OCH3 is 1. The van der Waals surface area contributed by atoms with Gasteiger partial charge in [-0.2, -0.15) is 0 Å². The van der Waals surface area contributed by atoms with E-state index in [2.05, 4.69) is 20.9 Å². The van der Waals surface area contributed by atoms with Crippen LogP contribution in [0.25, 0.3) is 0 Å². The van der Waals surface area contributed by atoms with E-state index in [0.29, 0.717) is 26.2 Å². The standard InChI is InChI=1S/C10H18N6O3/c1-19-5-3-12-9(17)6-13-10(18)8-7-16(4-2-11)15-14-8/h7H,2-6,11H2,1H3,(H,12,17)(H,13,18). The average Bonchev–Trinajstić information content (AvgIpc) is 2.85. The normalized spacial score (nSPS) is 10.2. The first kappa shape index (κ1) is 15.1. The molecule has 1 heterocycles. The van der Waals surface area contributed by atoms with E-state index in [1.165, 1.54) is 10.9 Å². The molecular weight excluding hydrogens is 252 g/mol. The van der Waals surface area contributed by atoms with Gasteiger partial charge >= 0.3 is 0 Å². The Morgan fingerprint density at radius 1 is 1.47 bits per heavy atom.